The summed E-state index contributed by atoms with van der Waals surface area (Å²) in [7, 11) is 0. The Balaban J connectivity index is 2.40. The Morgan fingerprint density at radius 1 is 1.47 bits per heavy atom. The van der Waals surface area contributed by atoms with Crippen molar-refractivity contribution in [2.45, 2.75) is 38.6 Å². The molecule has 0 spiro atoms. The van der Waals surface area contributed by atoms with Gasteiger partial charge in [-0.05, 0) is 6.42 Å². The summed E-state index contributed by atoms with van der Waals surface area (Å²) < 4.78 is 0. The number of aliphatic carboxylic acids is 1. The first kappa shape index (κ1) is 12.4. The monoisotopic (exact) mass is 231 g/mol. The molecule has 1 rings (SSSR count). The summed E-state index contributed by atoms with van der Waals surface area (Å²) in [5.74, 6) is 0.154. The molecule has 1 saturated heterocycles. The number of hydrogen-bond acceptors (Lipinski definition) is 3. The zero-order valence-corrected chi connectivity index (χ0v) is 9.76. The molecular weight excluding hydrogens is 214 g/mol. The molecule has 1 amide bonds. The standard InChI is InChI=1S/C10H17NO3S/c1-2-3-4-5-9(12)11-7-15-6-8(11)10(13)14/h8H,2-7H2,1H3,(H,13,14)/t8-/m0/s1. The lowest BCUT2D eigenvalue weighted by Gasteiger charge is -2.20. The number of carbonyl (C=O) groups excluding carboxylic acids is 1. The van der Waals surface area contributed by atoms with E-state index < -0.39 is 12.0 Å². The highest BCUT2D eigenvalue weighted by atomic mass is 32.2. The second-order valence-corrected chi connectivity index (χ2v) is 4.67. The van der Waals surface area contributed by atoms with Crippen LogP contribution in [0.5, 0.6) is 0 Å². The molecule has 1 N–H and O–H groups in total. The fourth-order valence-corrected chi connectivity index (χ4v) is 2.73. The molecule has 0 saturated carbocycles. The first-order valence-electron chi connectivity index (χ1n) is 5.26. The fraction of sp³-hybridized carbons (Fsp3) is 0.800. The van der Waals surface area contributed by atoms with Crippen LogP contribution in [0.3, 0.4) is 0 Å². The van der Waals surface area contributed by atoms with Gasteiger partial charge in [0.2, 0.25) is 5.91 Å². The van der Waals surface area contributed by atoms with Gasteiger partial charge in [0.05, 0.1) is 5.88 Å². The first-order chi connectivity index (χ1) is 7.16. The third-order valence-corrected chi connectivity index (χ3v) is 3.49. The van der Waals surface area contributed by atoms with E-state index in [1.54, 1.807) is 0 Å². The summed E-state index contributed by atoms with van der Waals surface area (Å²) in [5.41, 5.74) is 0. The lowest BCUT2D eigenvalue weighted by molar-refractivity contribution is -0.147. The molecule has 0 radical (unpaired) electrons. The van der Waals surface area contributed by atoms with Crippen molar-refractivity contribution in [1.82, 2.24) is 4.90 Å². The summed E-state index contributed by atoms with van der Waals surface area (Å²) in [6, 6.07) is -0.607. The van der Waals surface area contributed by atoms with Crippen LogP contribution in [0.4, 0.5) is 0 Å². The van der Waals surface area contributed by atoms with Crippen LogP contribution in [-0.2, 0) is 9.59 Å². The molecule has 5 heteroatoms. The molecule has 0 aromatic rings. The molecule has 0 aromatic carbocycles. The van der Waals surface area contributed by atoms with Gasteiger partial charge in [0, 0.05) is 12.2 Å². The van der Waals surface area contributed by atoms with Crippen molar-refractivity contribution in [2.75, 3.05) is 11.6 Å². The van der Waals surface area contributed by atoms with E-state index in [0.29, 0.717) is 18.1 Å². The normalized spacial score (nSPS) is 20.6. The average molecular weight is 231 g/mol. The van der Waals surface area contributed by atoms with Crippen molar-refractivity contribution in [3.8, 4) is 0 Å². The molecule has 0 unspecified atom stereocenters. The topological polar surface area (TPSA) is 57.6 Å². The van der Waals surface area contributed by atoms with E-state index in [9.17, 15) is 9.59 Å². The molecule has 4 nitrogen and oxygen atoms in total. The Morgan fingerprint density at radius 3 is 2.80 bits per heavy atom. The number of carboxylic acids is 1. The van der Waals surface area contributed by atoms with Crippen LogP contribution >= 0.6 is 11.8 Å². The van der Waals surface area contributed by atoms with Gasteiger partial charge in [-0.15, -0.1) is 11.8 Å². The summed E-state index contributed by atoms with van der Waals surface area (Å²) >= 11 is 1.51. The van der Waals surface area contributed by atoms with Gasteiger partial charge in [0.15, 0.2) is 0 Å². The molecule has 86 valence electrons. The highest BCUT2D eigenvalue weighted by Gasteiger charge is 2.33. The number of amides is 1. The van der Waals surface area contributed by atoms with Gasteiger partial charge in [-0.3, -0.25) is 4.79 Å². The van der Waals surface area contributed by atoms with Gasteiger partial charge in [0.1, 0.15) is 6.04 Å². The van der Waals surface area contributed by atoms with Crippen LogP contribution in [0.25, 0.3) is 0 Å². The van der Waals surface area contributed by atoms with Crippen LogP contribution in [-0.4, -0.2) is 39.6 Å². The van der Waals surface area contributed by atoms with E-state index >= 15 is 0 Å². The van der Waals surface area contributed by atoms with Crippen molar-refractivity contribution in [3.05, 3.63) is 0 Å². The molecule has 1 atom stereocenters. The number of unbranched alkanes of at least 4 members (excludes halogenated alkanes) is 2. The maximum absolute atomic E-state index is 11.7. The predicted molar refractivity (Wildman–Crippen MR) is 59.7 cm³/mol. The molecule has 1 heterocycles. The zero-order chi connectivity index (χ0) is 11.3. The largest absolute Gasteiger partial charge is 0.480 e. The lowest BCUT2D eigenvalue weighted by Crippen LogP contribution is -2.41. The minimum atomic E-state index is -0.885. The number of thioether (sulfide) groups is 1. The maximum Gasteiger partial charge on any atom is 0.327 e. The average Bonchev–Trinajstić information content (AvgIpc) is 2.66. The first-order valence-corrected chi connectivity index (χ1v) is 6.42. The number of nitrogens with zero attached hydrogens (tertiary/aromatic N) is 1. The quantitative estimate of drug-likeness (QED) is 0.729. The predicted octanol–water partition coefficient (Wildman–Crippen LogP) is 1.55. The van der Waals surface area contributed by atoms with Crippen LogP contribution in [0.15, 0.2) is 0 Å². The van der Waals surface area contributed by atoms with Gasteiger partial charge in [0.25, 0.3) is 0 Å². The number of hydrogen-bond donors (Lipinski definition) is 1. The Hall–Kier alpha value is -0.710. The summed E-state index contributed by atoms with van der Waals surface area (Å²) in [5, 5.41) is 8.90. The van der Waals surface area contributed by atoms with Gasteiger partial charge >= 0.3 is 5.97 Å². The smallest absolute Gasteiger partial charge is 0.327 e. The number of carbonyl (C=O) groups is 2. The molecule has 0 bridgehead atoms. The Kier molecular flexibility index (Phi) is 4.94. The van der Waals surface area contributed by atoms with Crippen LogP contribution in [0, 0.1) is 0 Å². The molecule has 0 aliphatic carbocycles. The van der Waals surface area contributed by atoms with E-state index in [2.05, 4.69) is 6.92 Å². The summed E-state index contributed by atoms with van der Waals surface area (Å²) in [6.07, 6.45) is 3.45. The molecule has 1 aliphatic heterocycles. The fourth-order valence-electron chi connectivity index (χ4n) is 1.56. The van der Waals surface area contributed by atoms with Gasteiger partial charge in [-0.1, -0.05) is 19.8 Å². The van der Waals surface area contributed by atoms with Crippen molar-refractivity contribution < 1.29 is 14.7 Å². The van der Waals surface area contributed by atoms with E-state index in [1.807, 2.05) is 0 Å². The minimum absolute atomic E-state index is 0.0131. The van der Waals surface area contributed by atoms with Crippen molar-refractivity contribution >= 4 is 23.6 Å². The molecule has 0 aromatic heterocycles. The second kappa shape index (κ2) is 6.00. The van der Waals surface area contributed by atoms with E-state index in [4.69, 9.17) is 5.11 Å². The summed E-state index contributed by atoms with van der Waals surface area (Å²) in [4.78, 5) is 24.0. The van der Waals surface area contributed by atoms with E-state index in [-0.39, 0.29) is 5.91 Å². The van der Waals surface area contributed by atoms with Crippen molar-refractivity contribution in [2.24, 2.45) is 0 Å². The van der Waals surface area contributed by atoms with Crippen LogP contribution in [0.2, 0.25) is 0 Å². The molecule has 15 heavy (non-hydrogen) atoms. The Labute approximate surface area is 94.0 Å². The molecule has 1 aliphatic rings. The van der Waals surface area contributed by atoms with Crippen molar-refractivity contribution in [3.63, 3.8) is 0 Å². The number of rotatable bonds is 5. The second-order valence-electron chi connectivity index (χ2n) is 3.67. The maximum atomic E-state index is 11.7. The SMILES string of the molecule is CCCCCC(=O)N1CSC[C@H]1C(=O)O. The van der Waals surface area contributed by atoms with Crippen LogP contribution < -0.4 is 0 Å². The Bertz CT molecular complexity index is 245. The molecule has 1 fully saturated rings. The van der Waals surface area contributed by atoms with E-state index in [1.165, 1.54) is 16.7 Å². The third kappa shape index (κ3) is 3.41. The minimum Gasteiger partial charge on any atom is -0.480 e. The lowest BCUT2D eigenvalue weighted by atomic mass is 10.2. The highest BCUT2D eigenvalue weighted by molar-refractivity contribution is 7.99. The van der Waals surface area contributed by atoms with Crippen LogP contribution in [0.1, 0.15) is 32.6 Å². The Morgan fingerprint density at radius 2 is 2.20 bits per heavy atom. The number of carboxylic acid groups (broad SMARTS) is 1. The van der Waals surface area contributed by atoms with Gasteiger partial charge in [-0.2, -0.15) is 0 Å². The zero-order valence-electron chi connectivity index (χ0n) is 8.94. The van der Waals surface area contributed by atoms with Gasteiger partial charge < -0.3 is 10.0 Å². The van der Waals surface area contributed by atoms with Crippen molar-refractivity contribution in [1.29, 1.82) is 0 Å². The summed E-state index contributed by atoms with van der Waals surface area (Å²) in [6.45, 7) is 2.08. The highest BCUT2D eigenvalue weighted by Crippen LogP contribution is 2.22. The van der Waals surface area contributed by atoms with Gasteiger partial charge in [-0.25, -0.2) is 4.79 Å². The molecular formula is C10H17NO3S. The van der Waals surface area contributed by atoms with E-state index in [0.717, 1.165) is 19.3 Å². The third-order valence-electron chi connectivity index (χ3n) is 2.48.